The molecule has 2 rings (SSSR count). The van der Waals surface area contributed by atoms with E-state index in [1.165, 1.54) is 0 Å². The van der Waals surface area contributed by atoms with Crippen LogP contribution in [0.4, 0.5) is 4.79 Å². The summed E-state index contributed by atoms with van der Waals surface area (Å²) in [5, 5.41) is 3.12. The number of hydrogen-bond acceptors (Lipinski definition) is 3. The van der Waals surface area contributed by atoms with Gasteiger partial charge in [0.2, 0.25) is 0 Å². The molecule has 0 saturated carbocycles. The van der Waals surface area contributed by atoms with E-state index >= 15 is 0 Å². The first kappa shape index (κ1) is 14.8. The molecule has 0 radical (unpaired) electrons. The molecule has 5 nitrogen and oxygen atoms in total. The lowest BCUT2D eigenvalue weighted by molar-refractivity contribution is 0.0106. The van der Waals surface area contributed by atoms with Crippen LogP contribution in [0.3, 0.4) is 0 Å². The maximum atomic E-state index is 12.5. The Balaban J connectivity index is 2.01. The number of ether oxygens (including phenoxy) is 1. The largest absolute Gasteiger partial charge is 0.377 e. The van der Waals surface area contributed by atoms with E-state index in [-0.39, 0.29) is 18.1 Å². The second kappa shape index (κ2) is 7.24. The molecule has 0 aromatic carbocycles. The van der Waals surface area contributed by atoms with Gasteiger partial charge in [-0.25, -0.2) is 4.79 Å². The molecule has 0 bridgehead atoms. The highest BCUT2D eigenvalue weighted by Crippen LogP contribution is 2.17. The van der Waals surface area contributed by atoms with Crippen LogP contribution in [0, 0.1) is 0 Å². The van der Waals surface area contributed by atoms with Crippen molar-refractivity contribution in [1.29, 1.82) is 0 Å². The number of rotatable bonds is 4. The van der Waals surface area contributed by atoms with E-state index in [1.807, 2.05) is 17.0 Å². The summed E-state index contributed by atoms with van der Waals surface area (Å²) in [6.07, 6.45) is 5.29. The lowest BCUT2D eigenvalue weighted by atomic mass is 10.1. The van der Waals surface area contributed by atoms with Crippen LogP contribution < -0.4 is 5.32 Å². The third-order valence-corrected chi connectivity index (χ3v) is 3.77. The maximum Gasteiger partial charge on any atom is 0.318 e. The van der Waals surface area contributed by atoms with Gasteiger partial charge in [0.1, 0.15) is 0 Å². The summed E-state index contributed by atoms with van der Waals surface area (Å²) < 4.78 is 5.44. The second-order valence-electron chi connectivity index (χ2n) is 5.02. The highest BCUT2D eigenvalue weighted by Gasteiger charge is 2.27. The van der Waals surface area contributed by atoms with E-state index in [4.69, 9.17) is 4.74 Å². The molecule has 1 aliphatic heterocycles. The van der Waals surface area contributed by atoms with Gasteiger partial charge in [-0.2, -0.15) is 0 Å². The zero-order valence-corrected chi connectivity index (χ0v) is 12.2. The number of carbonyl (C=O) groups excluding carboxylic acids is 1. The molecule has 20 heavy (non-hydrogen) atoms. The molecule has 0 spiro atoms. The molecule has 110 valence electrons. The first-order valence-electron chi connectivity index (χ1n) is 7.31. The molecule has 1 aromatic rings. The monoisotopic (exact) mass is 277 g/mol. The van der Waals surface area contributed by atoms with Crippen molar-refractivity contribution in [2.75, 3.05) is 19.8 Å². The fraction of sp³-hybridized carbons (Fsp3) is 0.600. The molecule has 2 heterocycles. The fourth-order valence-electron chi connectivity index (χ4n) is 2.51. The van der Waals surface area contributed by atoms with Crippen molar-refractivity contribution in [3.05, 3.63) is 30.1 Å². The SMILES string of the molecule is CC[C@@H]1COCCN1C(=O)N[C@@H](CC)c1ccncc1. The molecule has 2 amide bonds. The number of amides is 2. The van der Waals surface area contributed by atoms with Crippen LogP contribution in [0.15, 0.2) is 24.5 Å². The van der Waals surface area contributed by atoms with Crippen molar-refractivity contribution in [1.82, 2.24) is 15.2 Å². The van der Waals surface area contributed by atoms with Crippen molar-refractivity contribution >= 4 is 6.03 Å². The lowest BCUT2D eigenvalue weighted by Gasteiger charge is -2.36. The Morgan fingerprint density at radius 1 is 1.50 bits per heavy atom. The Morgan fingerprint density at radius 2 is 2.25 bits per heavy atom. The highest BCUT2D eigenvalue weighted by atomic mass is 16.5. The summed E-state index contributed by atoms with van der Waals surface area (Å²) in [5.41, 5.74) is 1.09. The molecule has 1 N–H and O–H groups in total. The number of urea groups is 1. The Morgan fingerprint density at radius 3 is 2.90 bits per heavy atom. The molecule has 5 heteroatoms. The normalized spacial score (nSPS) is 20.5. The predicted octanol–water partition coefficient (Wildman–Crippen LogP) is 2.35. The summed E-state index contributed by atoms with van der Waals surface area (Å²) >= 11 is 0. The van der Waals surface area contributed by atoms with Crippen LogP contribution in [0.2, 0.25) is 0 Å². The summed E-state index contributed by atoms with van der Waals surface area (Å²) in [6.45, 7) is 6.07. The average molecular weight is 277 g/mol. The van der Waals surface area contributed by atoms with Gasteiger partial charge in [0.15, 0.2) is 0 Å². The van der Waals surface area contributed by atoms with Gasteiger partial charge in [-0.3, -0.25) is 4.98 Å². The van der Waals surface area contributed by atoms with Gasteiger partial charge in [-0.15, -0.1) is 0 Å². The maximum absolute atomic E-state index is 12.5. The predicted molar refractivity (Wildman–Crippen MR) is 77.4 cm³/mol. The quantitative estimate of drug-likeness (QED) is 0.919. The smallest absolute Gasteiger partial charge is 0.318 e. The van der Waals surface area contributed by atoms with Crippen LogP contribution in [0.25, 0.3) is 0 Å². The first-order chi connectivity index (χ1) is 9.76. The minimum absolute atomic E-state index is 0.00353. The number of pyridine rings is 1. The Kier molecular flexibility index (Phi) is 5.35. The van der Waals surface area contributed by atoms with E-state index in [2.05, 4.69) is 24.1 Å². The first-order valence-corrected chi connectivity index (χ1v) is 7.31. The number of nitrogens with zero attached hydrogens (tertiary/aromatic N) is 2. The van der Waals surface area contributed by atoms with E-state index < -0.39 is 0 Å². The van der Waals surface area contributed by atoms with Crippen molar-refractivity contribution in [3.63, 3.8) is 0 Å². The van der Waals surface area contributed by atoms with E-state index in [9.17, 15) is 4.79 Å². The van der Waals surface area contributed by atoms with Gasteiger partial charge in [-0.05, 0) is 30.5 Å². The Hall–Kier alpha value is -1.62. The van der Waals surface area contributed by atoms with Crippen molar-refractivity contribution in [2.45, 2.75) is 38.8 Å². The third kappa shape index (κ3) is 3.48. The van der Waals surface area contributed by atoms with Crippen molar-refractivity contribution in [2.24, 2.45) is 0 Å². The number of morpholine rings is 1. The molecular weight excluding hydrogens is 254 g/mol. The van der Waals surface area contributed by atoms with Gasteiger partial charge in [0, 0.05) is 18.9 Å². The number of aromatic nitrogens is 1. The standard InChI is InChI=1S/C15H23N3O2/c1-3-13-11-20-10-9-18(13)15(19)17-14(4-2)12-5-7-16-8-6-12/h5-8,13-14H,3-4,9-11H2,1-2H3,(H,17,19)/t13-,14+/m1/s1. The minimum atomic E-state index is 0.00353. The van der Waals surface area contributed by atoms with Gasteiger partial charge in [0.25, 0.3) is 0 Å². The fourth-order valence-corrected chi connectivity index (χ4v) is 2.51. The summed E-state index contributed by atoms with van der Waals surface area (Å²) in [7, 11) is 0. The molecular formula is C15H23N3O2. The molecule has 1 aliphatic rings. The van der Waals surface area contributed by atoms with Crippen LogP contribution in [-0.2, 0) is 4.74 Å². The number of hydrogen-bond donors (Lipinski definition) is 1. The van der Waals surface area contributed by atoms with E-state index in [0.29, 0.717) is 19.8 Å². The van der Waals surface area contributed by atoms with Crippen LogP contribution >= 0.6 is 0 Å². The zero-order valence-electron chi connectivity index (χ0n) is 12.2. The van der Waals surface area contributed by atoms with Crippen LogP contribution in [-0.4, -0.2) is 41.7 Å². The summed E-state index contributed by atoms with van der Waals surface area (Å²) in [4.78, 5) is 18.4. The highest BCUT2D eigenvalue weighted by molar-refractivity contribution is 5.75. The molecule has 1 aromatic heterocycles. The van der Waals surface area contributed by atoms with Gasteiger partial charge < -0.3 is 15.0 Å². The lowest BCUT2D eigenvalue weighted by Crippen LogP contribution is -2.52. The molecule has 0 aliphatic carbocycles. The summed E-state index contributed by atoms with van der Waals surface area (Å²) in [6, 6.07) is 4.12. The zero-order chi connectivity index (χ0) is 14.4. The van der Waals surface area contributed by atoms with Gasteiger partial charge in [0.05, 0.1) is 25.3 Å². The summed E-state index contributed by atoms with van der Waals surface area (Å²) in [5.74, 6) is 0. The van der Waals surface area contributed by atoms with Crippen molar-refractivity contribution in [3.8, 4) is 0 Å². The molecule has 0 unspecified atom stereocenters. The van der Waals surface area contributed by atoms with E-state index in [1.54, 1.807) is 12.4 Å². The minimum Gasteiger partial charge on any atom is -0.377 e. The van der Waals surface area contributed by atoms with Gasteiger partial charge in [-0.1, -0.05) is 13.8 Å². The molecule has 1 fully saturated rings. The van der Waals surface area contributed by atoms with Gasteiger partial charge >= 0.3 is 6.03 Å². The molecule has 2 atom stereocenters. The number of carbonyl (C=O) groups is 1. The topological polar surface area (TPSA) is 54.5 Å². The molecule has 1 saturated heterocycles. The Labute approximate surface area is 120 Å². The Bertz CT molecular complexity index is 424. The van der Waals surface area contributed by atoms with Crippen molar-refractivity contribution < 1.29 is 9.53 Å². The number of nitrogens with one attached hydrogen (secondary N) is 1. The van der Waals surface area contributed by atoms with E-state index in [0.717, 1.165) is 18.4 Å². The third-order valence-electron chi connectivity index (χ3n) is 3.77. The van der Waals surface area contributed by atoms with Crippen LogP contribution in [0.1, 0.15) is 38.3 Å². The second-order valence-corrected chi connectivity index (χ2v) is 5.02. The average Bonchev–Trinajstić information content (AvgIpc) is 2.53. The van der Waals surface area contributed by atoms with Crippen LogP contribution in [0.5, 0.6) is 0 Å².